The van der Waals surface area contributed by atoms with Gasteiger partial charge in [0, 0.05) is 9.72 Å². The molecule has 6 nitrogen and oxygen atoms in total. The second kappa shape index (κ2) is 10.6. The fourth-order valence-corrected chi connectivity index (χ4v) is 6.26. The van der Waals surface area contributed by atoms with Gasteiger partial charge in [0.2, 0.25) is 0 Å². The molecule has 180 valence electrons. The zero-order valence-electron chi connectivity index (χ0n) is 19.7. The lowest BCUT2D eigenvalue weighted by Gasteiger charge is -2.28. The Kier molecular flexibility index (Phi) is 7.77. The topological polar surface area (TPSA) is 74.1 Å². The number of carbonyl (C=O) groups excluding carboxylic acids is 1. The average molecular weight is 545 g/mol. The molecule has 0 N–H and O–H groups in total. The molecule has 1 aromatic heterocycles. The number of aromatic nitrogens is 3. The van der Waals surface area contributed by atoms with Gasteiger partial charge in [-0.25, -0.2) is 4.68 Å². The molecule has 0 spiro atoms. The Morgan fingerprint density at radius 1 is 1.15 bits per heavy atom. The summed E-state index contributed by atoms with van der Waals surface area (Å²) in [7, 11) is 0. The maximum Gasteiger partial charge on any atom is 0.310 e. The van der Waals surface area contributed by atoms with Gasteiger partial charge in [0.05, 0.1) is 17.8 Å². The number of carbonyl (C=O) groups is 1. The minimum Gasteiger partial charge on any atom is -0.460 e. The first-order chi connectivity index (χ1) is 16.2. The minimum absolute atomic E-state index is 0.0202. The Labute approximate surface area is 212 Å². The van der Waals surface area contributed by atoms with Crippen molar-refractivity contribution in [2.75, 3.05) is 5.75 Å². The first-order valence-corrected chi connectivity index (χ1v) is 13.5. The standard InChI is InChI=1S/C26H30BrN3O3S/c1-26(2,3)33-25(32)23-18(16-30-24(31)20-6-4-5-7-21(20)28-29-30)10-13-22(23)34-15-14-17-8-11-19(27)12-9-17/h4-9,11-12,18,22-23H,10,13-16H2,1-3H3/t18-,22-,23-/m0/s1. The highest BCUT2D eigenvalue weighted by Crippen LogP contribution is 2.41. The molecule has 4 rings (SSSR count). The minimum atomic E-state index is -0.559. The predicted molar refractivity (Wildman–Crippen MR) is 140 cm³/mol. The van der Waals surface area contributed by atoms with Crippen LogP contribution in [0.4, 0.5) is 0 Å². The molecule has 0 bridgehead atoms. The Hall–Kier alpha value is -2.19. The van der Waals surface area contributed by atoms with E-state index in [-0.39, 0.29) is 28.6 Å². The van der Waals surface area contributed by atoms with Crippen LogP contribution in [-0.2, 0) is 22.5 Å². The summed E-state index contributed by atoms with van der Waals surface area (Å²) in [6.07, 6.45) is 2.70. The molecular weight excluding hydrogens is 514 g/mol. The van der Waals surface area contributed by atoms with Gasteiger partial charge in [-0.2, -0.15) is 11.8 Å². The van der Waals surface area contributed by atoms with E-state index in [2.05, 4.69) is 50.5 Å². The number of rotatable bonds is 7. The fourth-order valence-electron chi connectivity index (χ4n) is 4.49. The van der Waals surface area contributed by atoms with Crippen molar-refractivity contribution in [2.24, 2.45) is 11.8 Å². The van der Waals surface area contributed by atoms with Gasteiger partial charge in [0.15, 0.2) is 0 Å². The van der Waals surface area contributed by atoms with Crippen molar-refractivity contribution < 1.29 is 9.53 Å². The smallest absolute Gasteiger partial charge is 0.310 e. The Bertz CT molecular complexity index is 1210. The lowest BCUT2D eigenvalue weighted by atomic mass is 9.95. The van der Waals surface area contributed by atoms with E-state index in [1.807, 2.05) is 44.7 Å². The molecule has 2 aromatic carbocycles. The highest BCUT2D eigenvalue weighted by atomic mass is 79.9. The van der Waals surface area contributed by atoms with Crippen LogP contribution in [0.3, 0.4) is 0 Å². The van der Waals surface area contributed by atoms with Crippen molar-refractivity contribution in [3.63, 3.8) is 0 Å². The number of halogens is 1. The molecule has 0 unspecified atom stereocenters. The second-order valence-corrected chi connectivity index (χ2v) is 12.0. The van der Waals surface area contributed by atoms with Gasteiger partial charge < -0.3 is 4.74 Å². The largest absolute Gasteiger partial charge is 0.460 e. The number of thioether (sulfide) groups is 1. The van der Waals surface area contributed by atoms with Gasteiger partial charge in [0.25, 0.3) is 5.56 Å². The number of esters is 1. The molecule has 1 fully saturated rings. The molecule has 0 radical (unpaired) electrons. The Balaban J connectivity index is 1.50. The first-order valence-electron chi connectivity index (χ1n) is 11.6. The average Bonchev–Trinajstić information content (AvgIpc) is 3.18. The summed E-state index contributed by atoms with van der Waals surface area (Å²) < 4.78 is 8.30. The van der Waals surface area contributed by atoms with E-state index in [0.29, 0.717) is 17.4 Å². The van der Waals surface area contributed by atoms with E-state index in [0.717, 1.165) is 29.5 Å². The summed E-state index contributed by atoms with van der Waals surface area (Å²) in [5.41, 5.74) is 1.13. The van der Waals surface area contributed by atoms with E-state index in [9.17, 15) is 9.59 Å². The zero-order chi connectivity index (χ0) is 24.3. The highest BCUT2D eigenvalue weighted by Gasteiger charge is 2.43. The molecule has 1 aliphatic rings. The van der Waals surface area contributed by atoms with E-state index >= 15 is 0 Å². The fraction of sp³-hybridized carbons (Fsp3) is 0.462. The molecule has 1 heterocycles. The van der Waals surface area contributed by atoms with Gasteiger partial charge in [-0.05, 0) is 81.5 Å². The molecule has 3 atom stereocenters. The number of ether oxygens (including phenoxy) is 1. The summed E-state index contributed by atoms with van der Waals surface area (Å²) in [5, 5.41) is 9.07. The van der Waals surface area contributed by atoms with Crippen LogP contribution in [0.2, 0.25) is 0 Å². The van der Waals surface area contributed by atoms with Crippen LogP contribution in [0, 0.1) is 11.8 Å². The Morgan fingerprint density at radius 2 is 1.88 bits per heavy atom. The van der Waals surface area contributed by atoms with Crippen LogP contribution in [0.15, 0.2) is 57.8 Å². The molecule has 0 saturated heterocycles. The van der Waals surface area contributed by atoms with Crippen LogP contribution in [-0.4, -0.2) is 37.6 Å². The monoisotopic (exact) mass is 543 g/mol. The normalized spacial score (nSPS) is 20.5. The van der Waals surface area contributed by atoms with Crippen LogP contribution in [0.25, 0.3) is 10.9 Å². The molecule has 0 amide bonds. The number of fused-ring (bicyclic) bond motifs is 1. The summed E-state index contributed by atoms with van der Waals surface area (Å²) >= 11 is 5.31. The van der Waals surface area contributed by atoms with Crippen molar-refractivity contribution in [1.29, 1.82) is 0 Å². The zero-order valence-corrected chi connectivity index (χ0v) is 22.1. The van der Waals surface area contributed by atoms with Crippen LogP contribution < -0.4 is 5.56 Å². The van der Waals surface area contributed by atoms with Gasteiger partial charge in [-0.1, -0.05) is 45.4 Å². The second-order valence-electron chi connectivity index (χ2n) is 9.78. The maximum absolute atomic E-state index is 13.3. The lowest BCUT2D eigenvalue weighted by Crippen LogP contribution is -2.37. The summed E-state index contributed by atoms with van der Waals surface area (Å²) in [4.78, 5) is 26.3. The molecule has 1 saturated carbocycles. The predicted octanol–water partition coefficient (Wildman–Crippen LogP) is 5.27. The number of hydrogen-bond acceptors (Lipinski definition) is 6. The lowest BCUT2D eigenvalue weighted by molar-refractivity contribution is -0.161. The third-order valence-corrected chi connectivity index (χ3v) is 8.01. The number of hydrogen-bond donors (Lipinski definition) is 0. The van der Waals surface area contributed by atoms with Crippen molar-refractivity contribution in [1.82, 2.24) is 15.0 Å². The van der Waals surface area contributed by atoms with E-state index in [1.165, 1.54) is 10.2 Å². The molecule has 8 heteroatoms. The molecule has 3 aromatic rings. The molecule has 0 aliphatic heterocycles. The van der Waals surface area contributed by atoms with Crippen molar-refractivity contribution in [3.05, 3.63) is 68.9 Å². The number of aryl methyl sites for hydroxylation is 1. The molecule has 34 heavy (non-hydrogen) atoms. The molecular formula is C26H30BrN3O3S. The van der Waals surface area contributed by atoms with Gasteiger partial charge in [-0.15, -0.1) is 5.10 Å². The summed E-state index contributed by atoms with van der Waals surface area (Å²) in [6.45, 7) is 6.04. The van der Waals surface area contributed by atoms with Gasteiger partial charge in [0.1, 0.15) is 11.1 Å². The summed E-state index contributed by atoms with van der Waals surface area (Å²) in [6, 6.07) is 15.6. The third kappa shape index (κ3) is 6.08. The summed E-state index contributed by atoms with van der Waals surface area (Å²) in [5.74, 6) is 0.439. The Morgan fingerprint density at radius 3 is 2.62 bits per heavy atom. The number of benzene rings is 2. The van der Waals surface area contributed by atoms with Gasteiger partial charge >= 0.3 is 5.97 Å². The van der Waals surface area contributed by atoms with E-state index < -0.39 is 5.60 Å². The van der Waals surface area contributed by atoms with Crippen molar-refractivity contribution >= 4 is 44.6 Å². The van der Waals surface area contributed by atoms with Crippen LogP contribution in [0.5, 0.6) is 0 Å². The highest BCUT2D eigenvalue weighted by molar-refractivity contribution is 9.10. The van der Waals surface area contributed by atoms with Gasteiger partial charge in [-0.3, -0.25) is 9.59 Å². The van der Waals surface area contributed by atoms with Crippen LogP contribution in [0.1, 0.15) is 39.2 Å². The third-order valence-electron chi connectivity index (χ3n) is 6.08. The SMILES string of the molecule is CC(C)(C)OC(=O)[C@H]1[C@H](Cn2nnc3ccccc3c2=O)CC[C@@H]1SCCc1ccc(Br)cc1. The number of nitrogens with zero attached hydrogens (tertiary/aromatic N) is 3. The van der Waals surface area contributed by atoms with Crippen LogP contribution >= 0.6 is 27.7 Å². The molecule has 1 aliphatic carbocycles. The maximum atomic E-state index is 13.3. The quantitative estimate of drug-likeness (QED) is 0.378. The van der Waals surface area contributed by atoms with E-state index in [4.69, 9.17) is 4.74 Å². The van der Waals surface area contributed by atoms with Crippen molar-refractivity contribution in [3.8, 4) is 0 Å². The van der Waals surface area contributed by atoms with E-state index in [1.54, 1.807) is 12.1 Å². The van der Waals surface area contributed by atoms with Crippen molar-refractivity contribution in [2.45, 2.75) is 57.4 Å². The first kappa shape index (κ1) is 24.9.